The van der Waals surface area contributed by atoms with Crippen LogP contribution in [-0.4, -0.2) is 56.2 Å². The SMILES string of the molecule is C=CC(=O)OCCOC(=O)/C(C#N)=C1/CC(C)(C)CC(NCCN2CCCCC2)=C1C#N. The first-order valence-electron chi connectivity index (χ1n) is 11.0. The lowest BCUT2D eigenvalue weighted by molar-refractivity contribution is -0.146. The Morgan fingerprint density at radius 1 is 1.16 bits per heavy atom. The van der Waals surface area contributed by atoms with Gasteiger partial charge >= 0.3 is 11.9 Å². The van der Waals surface area contributed by atoms with Gasteiger partial charge in [0.15, 0.2) is 0 Å². The van der Waals surface area contributed by atoms with Crippen LogP contribution in [0.15, 0.2) is 35.1 Å². The molecule has 0 aromatic heterocycles. The smallest absolute Gasteiger partial charge is 0.349 e. The lowest BCUT2D eigenvalue weighted by Crippen LogP contribution is -2.37. The fraction of sp³-hybridized carbons (Fsp3) is 0.583. The molecule has 2 rings (SSSR count). The zero-order chi connectivity index (χ0) is 23.6. The second-order valence-corrected chi connectivity index (χ2v) is 8.79. The lowest BCUT2D eigenvalue weighted by Gasteiger charge is -2.34. The van der Waals surface area contributed by atoms with Gasteiger partial charge in [-0.25, -0.2) is 9.59 Å². The van der Waals surface area contributed by atoms with E-state index in [2.05, 4.69) is 22.9 Å². The molecule has 1 fully saturated rings. The molecule has 8 heteroatoms. The van der Waals surface area contributed by atoms with Crippen molar-refractivity contribution in [3.8, 4) is 12.1 Å². The topological polar surface area (TPSA) is 115 Å². The number of allylic oxidation sites excluding steroid dienone is 3. The standard InChI is InChI=1S/C24H32N4O4/c1-4-22(29)31-12-13-32-23(30)20(17-26)18-14-24(2,3)15-21(19(18)16-25)27-8-11-28-9-6-5-7-10-28/h4,27H,1,5-15H2,2-3H3/b20-18-. The van der Waals surface area contributed by atoms with E-state index < -0.39 is 11.9 Å². The minimum Gasteiger partial charge on any atom is -0.459 e. The predicted octanol–water partition coefficient (Wildman–Crippen LogP) is 2.75. The number of esters is 2. The Morgan fingerprint density at radius 2 is 1.84 bits per heavy atom. The highest BCUT2D eigenvalue weighted by molar-refractivity contribution is 5.95. The average molecular weight is 441 g/mol. The third-order valence-electron chi connectivity index (χ3n) is 5.59. The molecule has 0 amide bonds. The number of likely N-dealkylation sites (tertiary alicyclic amines) is 1. The number of nitrogens with zero attached hydrogens (tertiary/aromatic N) is 3. The molecule has 172 valence electrons. The molecule has 0 aromatic rings. The second-order valence-electron chi connectivity index (χ2n) is 8.79. The van der Waals surface area contributed by atoms with E-state index in [4.69, 9.17) is 9.47 Å². The molecule has 0 atom stereocenters. The highest BCUT2D eigenvalue weighted by Gasteiger charge is 2.34. The molecule has 2 aliphatic rings. The largest absolute Gasteiger partial charge is 0.459 e. The van der Waals surface area contributed by atoms with E-state index in [1.807, 2.05) is 19.9 Å². The summed E-state index contributed by atoms with van der Waals surface area (Å²) in [4.78, 5) is 26.0. The Morgan fingerprint density at radius 3 is 2.47 bits per heavy atom. The summed E-state index contributed by atoms with van der Waals surface area (Å²) < 4.78 is 9.89. The first-order valence-corrected chi connectivity index (χ1v) is 11.0. The Hall–Kier alpha value is -3.10. The molecule has 0 bridgehead atoms. The van der Waals surface area contributed by atoms with Gasteiger partial charge in [-0.15, -0.1) is 0 Å². The van der Waals surface area contributed by atoms with Crippen molar-refractivity contribution in [1.29, 1.82) is 10.5 Å². The van der Waals surface area contributed by atoms with Gasteiger partial charge in [-0.1, -0.05) is 26.8 Å². The Labute approximate surface area is 190 Å². The average Bonchev–Trinajstić information content (AvgIpc) is 2.77. The van der Waals surface area contributed by atoms with Crippen molar-refractivity contribution in [3.63, 3.8) is 0 Å². The highest BCUT2D eigenvalue weighted by Crippen LogP contribution is 2.42. The number of hydrogen-bond acceptors (Lipinski definition) is 8. The van der Waals surface area contributed by atoms with Crippen molar-refractivity contribution < 1.29 is 19.1 Å². The summed E-state index contributed by atoms with van der Waals surface area (Å²) in [6, 6.07) is 4.12. The molecule has 1 heterocycles. The van der Waals surface area contributed by atoms with Gasteiger partial charge in [0.1, 0.15) is 30.9 Å². The first kappa shape index (κ1) is 25.2. The van der Waals surface area contributed by atoms with Crippen LogP contribution in [0.2, 0.25) is 0 Å². The van der Waals surface area contributed by atoms with E-state index in [0.717, 1.165) is 31.4 Å². The molecule has 0 aromatic carbocycles. The van der Waals surface area contributed by atoms with Crippen LogP contribution in [-0.2, 0) is 19.1 Å². The van der Waals surface area contributed by atoms with E-state index in [1.165, 1.54) is 19.3 Å². The predicted molar refractivity (Wildman–Crippen MR) is 119 cm³/mol. The minimum atomic E-state index is -0.824. The maximum atomic E-state index is 12.6. The molecule has 1 aliphatic carbocycles. The van der Waals surface area contributed by atoms with Crippen LogP contribution >= 0.6 is 0 Å². The number of nitrogens with one attached hydrogen (secondary N) is 1. The minimum absolute atomic E-state index is 0.139. The number of hydrogen-bond donors (Lipinski definition) is 1. The van der Waals surface area contributed by atoms with Crippen molar-refractivity contribution in [3.05, 3.63) is 35.1 Å². The zero-order valence-corrected chi connectivity index (χ0v) is 19.0. The number of nitriles is 2. The molecule has 1 N–H and O–H groups in total. The molecule has 8 nitrogen and oxygen atoms in total. The maximum absolute atomic E-state index is 12.6. The monoisotopic (exact) mass is 440 g/mol. The van der Waals surface area contributed by atoms with E-state index in [-0.39, 0.29) is 24.2 Å². The summed E-state index contributed by atoms with van der Waals surface area (Å²) in [6.07, 6.45) is 5.79. The third-order valence-corrected chi connectivity index (χ3v) is 5.59. The van der Waals surface area contributed by atoms with Crippen molar-refractivity contribution in [2.75, 3.05) is 39.4 Å². The van der Waals surface area contributed by atoms with Crippen LogP contribution in [0, 0.1) is 28.1 Å². The van der Waals surface area contributed by atoms with Crippen LogP contribution in [0.5, 0.6) is 0 Å². The zero-order valence-electron chi connectivity index (χ0n) is 19.0. The van der Waals surface area contributed by atoms with Crippen LogP contribution in [0.25, 0.3) is 0 Å². The van der Waals surface area contributed by atoms with Gasteiger partial charge in [-0.05, 0) is 49.8 Å². The van der Waals surface area contributed by atoms with E-state index in [9.17, 15) is 20.1 Å². The third kappa shape index (κ3) is 7.25. The van der Waals surface area contributed by atoms with Crippen molar-refractivity contribution in [2.24, 2.45) is 5.41 Å². The number of ether oxygens (including phenoxy) is 2. The van der Waals surface area contributed by atoms with Crippen molar-refractivity contribution >= 4 is 11.9 Å². The quantitative estimate of drug-likeness (QED) is 0.252. The summed E-state index contributed by atoms with van der Waals surface area (Å²) in [5.74, 6) is -1.45. The Balaban J connectivity index is 2.16. The van der Waals surface area contributed by atoms with Crippen LogP contribution < -0.4 is 5.32 Å². The normalized spacial score (nSPS) is 19.9. The molecular weight excluding hydrogens is 408 g/mol. The molecular formula is C24H32N4O4. The van der Waals surface area contributed by atoms with Crippen LogP contribution in [0.4, 0.5) is 0 Å². The molecule has 1 aliphatic heterocycles. The number of piperidine rings is 1. The van der Waals surface area contributed by atoms with Gasteiger partial charge < -0.3 is 19.7 Å². The molecule has 0 radical (unpaired) electrons. The highest BCUT2D eigenvalue weighted by atomic mass is 16.6. The van der Waals surface area contributed by atoms with Crippen LogP contribution in [0.3, 0.4) is 0 Å². The van der Waals surface area contributed by atoms with Gasteiger partial charge in [0.05, 0.1) is 5.57 Å². The number of carbonyl (C=O) groups excluding carboxylic acids is 2. The Kier molecular flexibility index (Phi) is 9.49. The first-order chi connectivity index (χ1) is 15.3. The van der Waals surface area contributed by atoms with Gasteiger partial charge in [-0.3, -0.25) is 0 Å². The van der Waals surface area contributed by atoms with Gasteiger partial charge in [-0.2, -0.15) is 10.5 Å². The Bertz CT molecular complexity index is 867. The van der Waals surface area contributed by atoms with Gasteiger partial charge in [0, 0.05) is 24.9 Å². The fourth-order valence-electron chi connectivity index (χ4n) is 4.07. The fourth-order valence-corrected chi connectivity index (χ4v) is 4.07. The molecule has 0 spiro atoms. The number of rotatable bonds is 9. The van der Waals surface area contributed by atoms with E-state index in [0.29, 0.717) is 30.5 Å². The molecule has 0 saturated carbocycles. The number of carbonyl (C=O) groups is 2. The van der Waals surface area contributed by atoms with Gasteiger partial charge in [0.25, 0.3) is 0 Å². The van der Waals surface area contributed by atoms with Gasteiger partial charge in [0.2, 0.25) is 0 Å². The summed E-state index contributed by atoms with van der Waals surface area (Å²) in [6.45, 7) is 10.8. The summed E-state index contributed by atoms with van der Waals surface area (Å²) in [5.41, 5.74) is 1.09. The van der Waals surface area contributed by atoms with Crippen molar-refractivity contribution in [1.82, 2.24) is 10.2 Å². The van der Waals surface area contributed by atoms with E-state index in [1.54, 1.807) is 0 Å². The molecule has 32 heavy (non-hydrogen) atoms. The van der Waals surface area contributed by atoms with E-state index >= 15 is 0 Å². The summed E-state index contributed by atoms with van der Waals surface area (Å²) in [7, 11) is 0. The lowest BCUT2D eigenvalue weighted by atomic mass is 9.73. The maximum Gasteiger partial charge on any atom is 0.349 e. The second kappa shape index (κ2) is 12.1. The van der Waals surface area contributed by atoms with Crippen LogP contribution in [0.1, 0.15) is 46.0 Å². The summed E-state index contributed by atoms with van der Waals surface area (Å²) >= 11 is 0. The molecule has 0 unspecified atom stereocenters. The van der Waals surface area contributed by atoms with Crippen molar-refractivity contribution in [2.45, 2.75) is 46.0 Å². The molecule has 1 saturated heterocycles. The summed E-state index contributed by atoms with van der Waals surface area (Å²) in [5, 5.41) is 22.9.